The number of hydrogen-bond acceptors (Lipinski definition) is 3. The summed E-state index contributed by atoms with van der Waals surface area (Å²) in [7, 11) is 4.11. The minimum atomic E-state index is 0.299. The molecule has 4 heteroatoms. The minimum absolute atomic E-state index is 0.299. The fraction of sp³-hybridized carbons (Fsp3) is 0.222. The number of hydrogen-bond donors (Lipinski definition) is 0. The zero-order valence-corrected chi connectivity index (χ0v) is 12.8. The van der Waals surface area contributed by atoms with E-state index in [9.17, 15) is 0 Å². The molecule has 0 saturated heterocycles. The monoisotopic (exact) mass is 290 g/mol. The summed E-state index contributed by atoms with van der Waals surface area (Å²) in [6.07, 6.45) is 0. The fourth-order valence-corrected chi connectivity index (χ4v) is 2.70. The maximum Gasteiger partial charge on any atom is 0.142 e. The summed E-state index contributed by atoms with van der Waals surface area (Å²) in [5, 5.41) is 9.14. The molecule has 0 radical (unpaired) electrons. The first kappa shape index (κ1) is 14.3. The van der Waals surface area contributed by atoms with E-state index in [1.807, 2.05) is 41.0 Å². The molecule has 0 atom stereocenters. The number of nitrogens with zero attached hydrogens (tertiary/aromatic N) is 4. The Morgan fingerprint density at radius 1 is 1.14 bits per heavy atom. The topological polar surface area (TPSA) is 44.9 Å². The van der Waals surface area contributed by atoms with Crippen LogP contribution in [0.3, 0.4) is 0 Å². The molecule has 0 fully saturated rings. The lowest BCUT2D eigenvalue weighted by atomic mass is 10.1. The maximum absolute atomic E-state index is 9.14. The molecule has 1 heterocycles. The van der Waals surface area contributed by atoms with Gasteiger partial charge >= 0.3 is 0 Å². The molecule has 0 unspecified atom stereocenters. The van der Waals surface area contributed by atoms with E-state index >= 15 is 0 Å². The van der Waals surface area contributed by atoms with Gasteiger partial charge in [-0.15, -0.1) is 0 Å². The number of aromatic nitrogens is 2. The lowest BCUT2D eigenvalue weighted by molar-refractivity contribution is 0.402. The van der Waals surface area contributed by atoms with Crippen LogP contribution >= 0.6 is 0 Å². The van der Waals surface area contributed by atoms with Gasteiger partial charge in [-0.2, -0.15) is 5.26 Å². The van der Waals surface area contributed by atoms with Crippen LogP contribution in [-0.2, 0) is 13.1 Å². The highest BCUT2D eigenvalue weighted by Gasteiger charge is 2.12. The van der Waals surface area contributed by atoms with Crippen molar-refractivity contribution >= 4 is 11.0 Å². The Morgan fingerprint density at radius 3 is 2.73 bits per heavy atom. The molecule has 0 aliphatic heterocycles. The van der Waals surface area contributed by atoms with Crippen LogP contribution in [0.2, 0.25) is 0 Å². The van der Waals surface area contributed by atoms with Gasteiger partial charge in [0.1, 0.15) is 12.4 Å². The Kier molecular flexibility index (Phi) is 3.90. The first-order valence-corrected chi connectivity index (χ1v) is 7.25. The number of nitriles is 1. The van der Waals surface area contributed by atoms with Gasteiger partial charge < -0.3 is 9.47 Å². The van der Waals surface area contributed by atoms with Crippen molar-refractivity contribution in [2.24, 2.45) is 0 Å². The van der Waals surface area contributed by atoms with Crippen LogP contribution in [0.1, 0.15) is 5.56 Å². The van der Waals surface area contributed by atoms with Gasteiger partial charge in [-0.25, -0.2) is 4.98 Å². The zero-order valence-electron chi connectivity index (χ0n) is 12.8. The second kappa shape index (κ2) is 6.00. The number of para-hydroxylation sites is 2. The van der Waals surface area contributed by atoms with E-state index in [0.29, 0.717) is 6.54 Å². The highest BCUT2D eigenvalue weighted by Crippen LogP contribution is 2.25. The van der Waals surface area contributed by atoms with Crippen LogP contribution in [0.4, 0.5) is 0 Å². The second-order valence-corrected chi connectivity index (χ2v) is 5.61. The standard InChI is InChI=1S/C18H18N4/c1-21(2)13-14-6-5-7-15(12-14)18-20-16-8-3-4-9-17(16)22(18)11-10-19/h3-9,12H,11,13H2,1-2H3. The summed E-state index contributed by atoms with van der Waals surface area (Å²) in [6, 6.07) is 18.5. The smallest absolute Gasteiger partial charge is 0.142 e. The third kappa shape index (κ3) is 2.72. The van der Waals surface area contributed by atoms with Crippen LogP contribution in [0, 0.1) is 11.3 Å². The summed E-state index contributed by atoms with van der Waals surface area (Å²) in [5.41, 5.74) is 4.20. The molecule has 2 aromatic carbocycles. The maximum atomic E-state index is 9.14. The number of benzene rings is 2. The summed E-state index contributed by atoms with van der Waals surface area (Å²) in [4.78, 5) is 6.86. The largest absolute Gasteiger partial charge is 0.310 e. The third-order valence-electron chi connectivity index (χ3n) is 3.57. The SMILES string of the molecule is CN(C)Cc1cccc(-c2nc3ccccc3n2CC#N)c1. The molecule has 0 aliphatic rings. The Bertz CT molecular complexity index is 840. The number of imidazole rings is 1. The van der Waals surface area contributed by atoms with Crippen LogP contribution in [0.15, 0.2) is 48.5 Å². The first-order valence-electron chi connectivity index (χ1n) is 7.25. The molecule has 3 aromatic rings. The van der Waals surface area contributed by atoms with Gasteiger partial charge in [0.25, 0.3) is 0 Å². The lowest BCUT2D eigenvalue weighted by Crippen LogP contribution is -2.10. The molecule has 1 aromatic heterocycles. The van der Waals surface area contributed by atoms with Crippen molar-refractivity contribution in [3.63, 3.8) is 0 Å². The van der Waals surface area contributed by atoms with E-state index in [4.69, 9.17) is 10.2 Å². The first-order chi connectivity index (χ1) is 10.7. The quantitative estimate of drug-likeness (QED) is 0.740. The minimum Gasteiger partial charge on any atom is -0.310 e. The van der Waals surface area contributed by atoms with Crippen molar-refractivity contribution in [3.05, 3.63) is 54.1 Å². The second-order valence-electron chi connectivity index (χ2n) is 5.61. The molecular weight excluding hydrogens is 272 g/mol. The van der Waals surface area contributed by atoms with Crippen LogP contribution in [-0.4, -0.2) is 28.5 Å². The van der Waals surface area contributed by atoms with Crippen LogP contribution < -0.4 is 0 Å². The normalized spacial score (nSPS) is 11.0. The molecule has 0 spiro atoms. The van der Waals surface area contributed by atoms with Crippen molar-refractivity contribution in [2.75, 3.05) is 14.1 Å². The van der Waals surface area contributed by atoms with E-state index in [1.54, 1.807) is 0 Å². The summed E-state index contributed by atoms with van der Waals surface area (Å²) >= 11 is 0. The van der Waals surface area contributed by atoms with E-state index in [2.05, 4.69) is 37.2 Å². The molecule has 0 N–H and O–H groups in total. The lowest BCUT2D eigenvalue weighted by Gasteiger charge is -2.11. The van der Waals surface area contributed by atoms with Crippen molar-refractivity contribution in [1.82, 2.24) is 14.5 Å². The Morgan fingerprint density at radius 2 is 1.95 bits per heavy atom. The average molecular weight is 290 g/mol. The van der Waals surface area contributed by atoms with Crippen LogP contribution in [0.25, 0.3) is 22.4 Å². The number of rotatable bonds is 4. The van der Waals surface area contributed by atoms with Gasteiger partial charge in [0.15, 0.2) is 0 Å². The molecule has 22 heavy (non-hydrogen) atoms. The van der Waals surface area contributed by atoms with Gasteiger partial charge in [-0.1, -0.05) is 30.3 Å². The van der Waals surface area contributed by atoms with E-state index in [1.165, 1.54) is 5.56 Å². The molecule has 0 amide bonds. The van der Waals surface area contributed by atoms with E-state index in [0.717, 1.165) is 29.0 Å². The van der Waals surface area contributed by atoms with Crippen LogP contribution in [0.5, 0.6) is 0 Å². The zero-order chi connectivity index (χ0) is 15.5. The van der Waals surface area contributed by atoms with Gasteiger partial charge in [0, 0.05) is 12.1 Å². The van der Waals surface area contributed by atoms with Gasteiger partial charge in [-0.05, 0) is 37.9 Å². The van der Waals surface area contributed by atoms with Gasteiger partial charge in [0.2, 0.25) is 0 Å². The summed E-state index contributed by atoms with van der Waals surface area (Å²) in [6.45, 7) is 1.18. The molecule has 0 saturated carbocycles. The van der Waals surface area contributed by atoms with Crippen molar-refractivity contribution in [3.8, 4) is 17.5 Å². The molecule has 0 aliphatic carbocycles. The summed E-state index contributed by atoms with van der Waals surface area (Å²) < 4.78 is 1.98. The van der Waals surface area contributed by atoms with Crippen molar-refractivity contribution in [2.45, 2.75) is 13.1 Å². The average Bonchev–Trinajstić information content (AvgIpc) is 2.86. The van der Waals surface area contributed by atoms with E-state index in [-0.39, 0.29) is 0 Å². The molecule has 110 valence electrons. The predicted molar refractivity (Wildman–Crippen MR) is 88.2 cm³/mol. The molecule has 3 rings (SSSR count). The summed E-state index contributed by atoms with van der Waals surface area (Å²) in [5.74, 6) is 0.850. The van der Waals surface area contributed by atoms with Crippen molar-refractivity contribution in [1.29, 1.82) is 5.26 Å². The molecule has 0 bridgehead atoms. The van der Waals surface area contributed by atoms with E-state index < -0.39 is 0 Å². The Hall–Kier alpha value is -2.64. The number of fused-ring (bicyclic) bond motifs is 1. The Balaban J connectivity index is 2.13. The molecule has 4 nitrogen and oxygen atoms in total. The Labute approximate surface area is 130 Å². The van der Waals surface area contributed by atoms with Crippen molar-refractivity contribution < 1.29 is 0 Å². The predicted octanol–water partition coefficient (Wildman–Crippen LogP) is 3.29. The molecular formula is C18H18N4. The highest BCUT2D eigenvalue weighted by atomic mass is 15.1. The van der Waals surface area contributed by atoms with Gasteiger partial charge in [-0.3, -0.25) is 0 Å². The third-order valence-corrected chi connectivity index (χ3v) is 3.57. The van der Waals surface area contributed by atoms with Gasteiger partial charge in [0.05, 0.1) is 17.1 Å². The highest BCUT2D eigenvalue weighted by molar-refractivity contribution is 5.80. The fourth-order valence-electron chi connectivity index (χ4n) is 2.70.